The molecule has 0 spiro atoms. The molecule has 0 radical (unpaired) electrons. The molecule has 1 N–H and O–H groups in total. The van der Waals surface area contributed by atoms with Gasteiger partial charge in [0.1, 0.15) is 5.82 Å². The van der Waals surface area contributed by atoms with E-state index in [1.165, 1.54) is 19.3 Å². The summed E-state index contributed by atoms with van der Waals surface area (Å²) in [5.74, 6) is 0.428. The van der Waals surface area contributed by atoms with Crippen LogP contribution in [0.25, 0.3) is 0 Å². The van der Waals surface area contributed by atoms with Crippen LogP contribution in [0.2, 0.25) is 5.02 Å². The SMILES string of the molecule is CN(Cc1ncc[nH]1)S(=O)(=O)c1ccc(Cl)cc1[N+](=O)[O-]. The number of nitrogens with zero attached hydrogens (tertiary/aromatic N) is 3. The van der Waals surface area contributed by atoms with Crippen molar-refractivity contribution < 1.29 is 13.3 Å². The molecule has 10 heteroatoms. The molecule has 0 atom stereocenters. The molecular weight excluding hydrogens is 320 g/mol. The van der Waals surface area contributed by atoms with Crippen LogP contribution in [0.5, 0.6) is 0 Å². The van der Waals surface area contributed by atoms with Crippen LogP contribution in [0, 0.1) is 10.1 Å². The number of benzene rings is 1. The normalized spacial score (nSPS) is 11.8. The quantitative estimate of drug-likeness (QED) is 0.664. The highest BCUT2D eigenvalue weighted by Crippen LogP contribution is 2.29. The zero-order valence-corrected chi connectivity index (χ0v) is 12.4. The second-order valence-corrected chi connectivity index (χ2v) is 6.62. The van der Waals surface area contributed by atoms with Crippen LogP contribution in [-0.2, 0) is 16.6 Å². The molecule has 0 bridgehead atoms. The van der Waals surface area contributed by atoms with E-state index < -0.39 is 25.5 Å². The van der Waals surface area contributed by atoms with E-state index in [1.54, 1.807) is 6.20 Å². The lowest BCUT2D eigenvalue weighted by molar-refractivity contribution is -0.387. The number of hydrogen-bond acceptors (Lipinski definition) is 5. The van der Waals surface area contributed by atoms with Crippen LogP contribution in [0.3, 0.4) is 0 Å². The summed E-state index contributed by atoms with van der Waals surface area (Å²) in [6, 6.07) is 3.42. The maximum absolute atomic E-state index is 12.4. The fraction of sp³-hybridized carbons (Fsp3) is 0.182. The number of aromatic nitrogens is 2. The molecule has 2 rings (SSSR count). The van der Waals surface area contributed by atoms with Gasteiger partial charge in [-0.25, -0.2) is 13.4 Å². The lowest BCUT2D eigenvalue weighted by atomic mass is 10.3. The first-order chi connectivity index (χ1) is 9.82. The molecule has 8 nitrogen and oxygen atoms in total. The second kappa shape index (κ2) is 5.80. The maximum Gasteiger partial charge on any atom is 0.290 e. The predicted octanol–water partition coefficient (Wildman–Crippen LogP) is 1.79. The minimum atomic E-state index is -4.03. The number of hydrogen-bond donors (Lipinski definition) is 1. The number of nitro groups is 1. The average Bonchev–Trinajstić information content (AvgIpc) is 2.91. The highest BCUT2D eigenvalue weighted by molar-refractivity contribution is 7.89. The summed E-state index contributed by atoms with van der Waals surface area (Å²) in [5.41, 5.74) is -0.561. The van der Waals surface area contributed by atoms with Gasteiger partial charge < -0.3 is 4.98 Å². The largest absolute Gasteiger partial charge is 0.347 e. The molecule has 112 valence electrons. The lowest BCUT2D eigenvalue weighted by Crippen LogP contribution is -2.27. The third kappa shape index (κ3) is 3.20. The minimum Gasteiger partial charge on any atom is -0.347 e. The molecule has 0 unspecified atom stereocenters. The van der Waals surface area contributed by atoms with Crippen LogP contribution in [0.15, 0.2) is 35.5 Å². The lowest BCUT2D eigenvalue weighted by Gasteiger charge is -2.16. The standard InChI is InChI=1S/C11H11ClN4O4S/c1-15(7-11-13-4-5-14-11)21(19,20)10-3-2-8(12)6-9(10)16(17)18/h2-6H,7H2,1H3,(H,13,14). The molecule has 21 heavy (non-hydrogen) atoms. The zero-order chi connectivity index (χ0) is 15.6. The molecule has 0 aliphatic rings. The summed E-state index contributed by atoms with van der Waals surface area (Å²) in [4.78, 5) is 16.5. The Hall–Kier alpha value is -1.97. The number of imidazole rings is 1. The van der Waals surface area contributed by atoms with Gasteiger partial charge >= 0.3 is 0 Å². The van der Waals surface area contributed by atoms with E-state index in [0.29, 0.717) is 5.82 Å². The van der Waals surface area contributed by atoms with Crippen LogP contribution in [-0.4, -0.2) is 34.7 Å². The number of aromatic amines is 1. The van der Waals surface area contributed by atoms with Gasteiger partial charge in [-0.15, -0.1) is 0 Å². The van der Waals surface area contributed by atoms with E-state index in [2.05, 4.69) is 9.97 Å². The van der Waals surface area contributed by atoms with Gasteiger partial charge in [0.25, 0.3) is 5.69 Å². The highest BCUT2D eigenvalue weighted by atomic mass is 35.5. The minimum absolute atomic E-state index is 0.0326. The monoisotopic (exact) mass is 330 g/mol. The first kappa shape index (κ1) is 15.4. The van der Waals surface area contributed by atoms with E-state index in [4.69, 9.17) is 11.6 Å². The van der Waals surface area contributed by atoms with Crippen molar-refractivity contribution in [3.05, 3.63) is 51.6 Å². The van der Waals surface area contributed by atoms with Crippen LogP contribution in [0.1, 0.15) is 5.82 Å². The first-order valence-corrected chi connectivity index (χ1v) is 7.52. The van der Waals surface area contributed by atoms with Crippen molar-refractivity contribution in [2.75, 3.05) is 7.05 Å². The van der Waals surface area contributed by atoms with Gasteiger partial charge in [-0.05, 0) is 12.1 Å². The average molecular weight is 331 g/mol. The summed E-state index contributed by atoms with van der Waals surface area (Å²) in [5, 5.41) is 11.1. The summed E-state index contributed by atoms with van der Waals surface area (Å²) >= 11 is 5.68. The molecule has 0 saturated heterocycles. The van der Waals surface area contributed by atoms with Gasteiger partial charge in [0.15, 0.2) is 4.90 Å². The molecular formula is C11H11ClN4O4S. The first-order valence-electron chi connectivity index (χ1n) is 5.71. The van der Waals surface area contributed by atoms with Crippen molar-refractivity contribution in [2.24, 2.45) is 0 Å². The third-order valence-corrected chi connectivity index (χ3v) is 4.82. The van der Waals surface area contributed by atoms with Gasteiger partial charge in [0.2, 0.25) is 10.0 Å². The van der Waals surface area contributed by atoms with Crippen molar-refractivity contribution in [3.63, 3.8) is 0 Å². The van der Waals surface area contributed by atoms with E-state index in [9.17, 15) is 18.5 Å². The number of nitrogens with one attached hydrogen (secondary N) is 1. The van der Waals surface area contributed by atoms with Gasteiger partial charge in [0.05, 0.1) is 11.5 Å². The van der Waals surface area contributed by atoms with Crippen LogP contribution < -0.4 is 0 Å². The van der Waals surface area contributed by atoms with Gasteiger partial charge in [-0.2, -0.15) is 4.31 Å². The third-order valence-electron chi connectivity index (χ3n) is 2.73. The predicted molar refractivity (Wildman–Crippen MR) is 75.3 cm³/mol. The summed E-state index contributed by atoms with van der Waals surface area (Å²) < 4.78 is 25.8. The van der Waals surface area contributed by atoms with E-state index in [1.807, 2.05) is 0 Å². The molecule has 0 aliphatic heterocycles. The Morgan fingerprint density at radius 1 is 1.48 bits per heavy atom. The molecule has 1 aromatic carbocycles. The smallest absolute Gasteiger partial charge is 0.290 e. The second-order valence-electron chi connectivity index (χ2n) is 4.17. The zero-order valence-electron chi connectivity index (χ0n) is 10.9. The molecule has 0 fully saturated rings. The fourth-order valence-corrected chi connectivity index (χ4v) is 3.13. The Bertz CT molecular complexity index is 761. The van der Waals surface area contributed by atoms with Gasteiger partial charge in [-0.3, -0.25) is 10.1 Å². The Labute approximate surface area is 125 Å². The molecule has 0 saturated carbocycles. The molecule has 1 heterocycles. The number of halogens is 1. The van der Waals surface area contributed by atoms with E-state index >= 15 is 0 Å². The number of nitro benzene ring substituents is 1. The maximum atomic E-state index is 12.4. The Kier molecular flexibility index (Phi) is 4.26. The molecule has 0 aliphatic carbocycles. The van der Waals surface area contributed by atoms with E-state index in [-0.39, 0.29) is 11.6 Å². The van der Waals surface area contributed by atoms with Crippen LogP contribution in [0.4, 0.5) is 5.69 Å². The fourth-order valence-electron chi connectivity index (χ4n) is 1.70. The molecule has 2 aromatic rings. The van der Waals surface area contributed by atoms with Crippen molar-refractivity contribution in [1.82, 2.24) is 14.3 Å². The summed E-state index contributed by atoms with van der Waals surface area (Å²) in [6.07, 6.45) is 3.04. The Balaban J connectivity index is 2.41. The topological polar surface area (TPSA) is 109 Å². The summed E-state index contributed by atoms with van der Waals surface area (Å²) in [6.45, 7) is -0.0326. The molecule has 0 amide bonds. The van der Waals surface area contributed by atoms with Crippen molar-refractivity contribution >= 4 is 27.3 Å². The van der Waals surface area contributed by atoms with Crippen molar-refractivity contribution in [3.8, 4) is 0 Å². The van der Waals surface area contributed by atoms with Gasteiger partial charge in [-0.1, -0.05) is 11.6 Å². The van der Waals surface area contributed by atoms with Crippen LogP contribution >= 0.6 is 11.6 Å². The van der Waals surface area contributed by atoms with E-state index in [0.717, 1.165) is 16.4 Å². The Morgan fingerprint density at radius 2 is 2.19 bits per heavy atom. The summed E-state index contributed by atoms with van der Waals surface area (Å²) in [7, 11) is -2.72. The van der Waals surface area contributed by atoms with Gasteiger partial charge in [0, 0.05) is 30.5 Å². The Morgan fingerprint density at radius 3 is 2.76 bits per heavy atom. The number of H-pyrrole nitrogens is 1. The number of rotatable bonds is 5. The molecule has 1 aromatic heterocycles. The number of sulfonamides is 1. The highest BCUT2D eigenvalue weighted by Gasteiger charge is 2.30. The van der Waals surface area contributed by atoms with Crippen molar-refractivity contribution in [1.29, 1.82) is 0 Å². The van der Waals surface area contributed by atoms with Crippen molar-refractivity contribution in [2.45, 2.75) is 11.4 Å².